The summed E-state index contributed by atoms with van der Waals surface area (Å²) in [6, 6.07) is 8.04. The Morgan fingerprint density at radius 1 is 1.29 bits per heavy atom. The molecule has 7 heteroatoms. The Labute approximate surface area is 127 Å². The predicted octanol–water partition coefficient (Wildman–Crippen LogP) is 2.21. The first-order valence-electron chi connectivity index (χ1n) is 6.58. The van der Waals surface area contributed by atoms with E-state index in [1.807, 2.05) is 54.8 Å². The van der Waals surface area contributed by atoms with Crippen molar-refractivity contribution in [1.29, 1.82) is 0 Å². The van der Waals surface area contributed by atoms with Crippen molar-refractivity contribution in [3.05, 3.63) is 24.3 Å². The van der Waals surface area contributed by atoms with Crippen molar-refractivity contribution in [2.45, 2.75) is 18.6 Å². The summed E-state index contributed by atoms with van der Waals surface area (Å²) < 4.78 is 1.93. The van der Waals surface area contributed by atoms with Crippen LogP contribution in [0.5, 0.6) is 0 Å². The van der Waals surface area contributed by atoms with Gasteiger partial charge in [-0.15, -0.1) is 10.2 Å². The van der Waals surface area contributed by atoms with Gasteiger partial charge in [0.05, 0.1) is 5.75 Å². The molecule has 1 aromatic heterocycles. The Morgan fingerprint density at radius 2 is 1.95 bits per heavy atom. The van der Waals surface area contributed by atoms with Crippen LogP contribution in [0.25, 0.3) is 11.4 Å². The molecular formula is C14H18N4O2S. The lowest BCUT2D eigenvalue weighted by Gasteiger charge is -2.13. The lowest BCUT2D eigenvalue weighted by Crippen LogP contribution is -2.08. The van der Waals surface area contributed by atoms with Gasteiger partial charge in [0.1, 0.15) is 0 Å². The zero-order chi connectivity index (χ0) is 15.4. The van der Waals surface area contributed by atoms with Crippen molar-refractivity contribution < 1.29 is 9.90 Å². The van der Waals surface area contributed by atoms with E-state index in [1.165, 1.54) is 11.8 Å². The zero-order valence-corrected chi connectivity index (χ0v) is 13.1. The van der Waals surface area contributed by atoms with Crippen LogP contribution < -0.4 is 4.90 Å². The first-order valence-corrected chi connectivity index (χ1v) is 7.57. The van der Waals surface area contributed by atoms with Gasteiger partial charge in [0.2, 0.25) is 0 Å². The molecule has 0 aliphatic carbocycles. The van der Waals surface area contributed by atoms with Gasteiger partial charge in [-0.3, -0.25) is 4.79 Å². The van der Waals surface area contributed by atoms with Crippen LogP contribution in [0.1, 0.15) is 6.92 Å². The molecule has 0 fully saturated rings. The third-order valence-corrected chi connectivity index (χ3v) is 3.95. The van der Waals surface area contributed by atoms with Gasteiger partial charge in [0.15, 0.2) is 11.0 Å². The molecule has 0 aliphatic heterocycles. The average Bonchev–Trinajstić information content (AvgIpc) is 2.88. The normalized spacial score (nSPS) is 10.6. The number of rotatable bonds is 6. The first kappa shape index (κ1) is 15.4. The predicted molar refractivity (Wildman–Crippen MR) is 83.8 cm³/mol. The minimum Gasteiger partial charge on any atom is -0.481 e. The van der Waals surface area contributed by atoms with Gasteiger partial charge in [-0.25, -0.2) is 0 Å². The monoisotopic (exact) mass is 306 g/mol. The molecule has 0 spiro atoms. The number of thioether (sulfide) groups is 1. The highest BCUT2D eigenvalue weighted by Gasteiger charge is 2.14. The molecule has 0 atom stereocenters. The van der Waals surface area contributed by atoms with Gasteiger partial charge in [-0.2, -0.15) is 0 Å². The SMILES string of the molecule is CCn1c(SCC(=O)O)nnc1-c1ccc(N(C)C)cc1. The molecule has 112 valence electrons. The van der Waals surface area contributed by atoms with E-state index in [0.717, 1.165) is 17.1 Å². The molecule has 0 unspecified atom stereocenters. The molecule has 1 aromatic carbocycles. The standard InChI is InChI=1S/C14H18N4O2S/c1-4-18-13(15-16-14(18)21-9-12(19)20)10-5-7-11(8-6-10)17(2)3/h5-8H,4,9H2,1-3H3,(H,19,20). The molecule has 0 radical (unpaired) electrons. The van der Waals surface area contributed by atoms with Gasteiger partial charge in [-0.1, -0.05) is 11.8 Å². The third kappa shape index (κ3) is 3.55. The second kappa shape index (κ2) is 6.62. The fourth-order valence-electron chi connectivity index (χ4n) is 1.93. The van der Waals surface area contributed by atoms with Crippen molar-refractivity contribution in [1.82, 2.24) is 14.8 Å². The molecule has 0 amide bonds. The van der Waals surface area contributed by atoms with E-state index < -0.39 is 5.97 Å². The van der Waals surface area contributed by atoms with Crippen LogP contribution in [0.4, 0.5) is 5.69 Å². The van der Waals surface area contributed by atoms with E-state index in [0.29, 0.717) is 11.7 Å². The largest absolute Gasteiger partial charge is 0.481 e. The van der Waals surface area contributed by atoms with Crippen molar-refractivity contribution in [3.63, 3.8) is 0 Å². The average molecular weight is 306 g/mol. The quantitative estimate of drug-likeness (QED) is 0.825. The van der Waals surface area contributed by atoms with Crippen molar-refractivity contribution >= 4 is 23.4 Å². The topological polar surface area (TPSA) is 71.2 Å². The lowest BCUT2D eigenvalue weighted by molar-refractivity contribution is -0.133. The van der Waals surface area contributed by atoms with E-state index in [4.69, 9.17) is 5.11 Å². The fraction of sp³-hybridized carbons (Fsp3) is 0.357. The van der Waals surface area contributed by atoms with Crippen LogP contribution in [-0.2, 0) is 11.3 Å². The van der Waals surface area contributed by atoms with Gasteiger partial charge in [-0.05, 0) is 31.2 Å². The minimum absolute atomic E-state index is 0.0162. The number of aromatic nitrogens is 3. The number of anilines is 1. The highest BCUT2D eigenvalue weighted by atomic mass is 32.2. The fourth-order valence-corrected chi connectivity index (χ4v) is 2.65. The Hall–Kier alpha value is -2.02. The lowest BCUT2D eigenvalue weighted by atomic mass is 10.2. The van der Waals surface area contributed by atoms with Crippen LogP contribution in [0, 0.1) is 0 Å². The van der Waals surface area contributed by atoms with Crippen molar-refractivity contribution in [2.24, 2.45) is 0 Å². The number of hydrogen-bond donors (Lipinski definition) is 1. The van der Waals surface area contributed by atoms with Crippen molar-refractivity contribution in [2.75, 3.05) is 24.7 Å². The number of carboxylic acids is 1. The molecule has 21 heavy (non-hydrogen) atoms. The maximum atomic E-state index is 10.7. The van der Waals surface area contributed by atoms with Crippen LogP contribution in [0.3, 0.4) is 0 Å². The van der Waals surface area contributed by atoms with E-state index >= 15 is 0 Å². The summed E-state index contributed by atoms with van der Waals surface area (Å²) in [5.41, 5.74) is 2.08. The third-order valence-electron chi connectivity index (χ3n) is 3.00. The number of carbonyl (C=O) groups is 1. The van der Waals surface area contributed by atoms with Crippen molar-refractivity contribution in [3.8, 4) is 11.4 Å². The van der Waals surface area contributed by atoms with Gasteiger partial charge >= 0.3 is 5.97 Å². The molecule has 0 bridgehead atoms. The van der Waals surface area contributed by atoms with Crippen LogP contribution >= 0.6 is 11.8 Å². The van der Waals surface area contributed by atoms with E-state index in [1.54, 1.807) is 0 Å². The summed E-state index contributed by atoms with van der Waals surface area (Å²) in [6.07, 6.45) is 0. The Kier molecular flexibility index (Phi) is 4.85. The van der Waals surface area contributed by atoms with Crippen LogP contribution in [0.2, 0.25) is 0 Å². The Bertz CT molecular complexity index is 622. The van der Waals surface area contributed by atoms with Gasteiger partial charge < -0.3 is 14.6 Å². The molecule has 2 aromatic rings. The summed E-state index contributed by atoms with van der Waals surface area (Å²) in [7, 11) is 3.98. The van der Waals surface area contributed by atoms with E-state index in [9.17, 15) is 4.79 Å². The highest BCUT2D eigenvalue weighted by Crippen LogP contribution is 2.25. The Balaban J connectivity index is 2.29. The number of hydrogen-bond acceptors (Lipinski definition) is 5. The van der Waals surface area contributed by atoms with E-state index in [-0.39, 0.29) is 5.75 Å². The molecular weight excluding hydrogens is 288 g/mol. The summed E-state index contributed by atoms with van der Waals surface area (Å²) in [4.78, 5) is 12.7. The summed E-state index contributed by atoms with van der Waals surface area (Å²) in [6.45, 7) is 2.69. The smallest absolute Gasteiger partial charge is 0.313 e. The summed E-state index contributed by atoms with van der Waals surface area (Å²) in [5.74, 6) is -0.115. The number of benzene rings is 1. The van der Waals surface area contributed by atoms with Crippen LogP contribution in [-0.4, -0.2) is 45.7 Å². The zero-order valence-electron chi connectivity index (χ0n) is 12.3. The molecule has 2 rings (SSSR count). The maximum absolute atomic E-state index is 10.7. The summed E-state index contributed by atoms with van der Waals surface area (Å²) in [5, 5.41) is 17.7. The number of carboxylic acid groups (broad SMARTS) is 1. The maximum Gasteiger partial charge on any atom is 0.313 e. The van der Waals surface area contributed by atoms with Gasteiger partial charge in [0, 0.05) is 31.9 Å². The molecule has 1 heterocycles. The Morgan fingerprint density at radius 3 is 2.48 bits per heavy atom. The molecule has 0 saturated heterocycles. The highest BCUT2D eigenvalue weighted by molar-refractivity contribution is 7.99. The second-order valence-electron chi connectivity index (χ2n) is 4.67. The molecule has 0 aliphatic rings. The second-order valence-corrected chi connectivity index (χ2v) is 5.62. The molecule has 0 saturated carbocycles. The summed E-state index contributed by atoms with van der Waals surface area (Å²) >= 11 is 1.18. The number of aliphatic carboxylic acids is 1. The number of nitrogens with zero attached hydrogens (tertiary/aromatic N) is 4. The first-order chi connectivity index (χ1) is 10.0. The molecule has 1 N–H and O–H groups in total. The van der Waals surface area contributed by atoms with E-state index in [2.05, 4.69) is 10.2 Å². The van der Waals surface area contributed by atoms with Gasteiger partial charge in [0.25, 0.3) is 0 Å². The molecule has 6 nitrogen and oxygen atoms in total. The van der Waals surface area contributed by atoms with Crippen LogP contribution in [0.15, 0.2) is 29.4 Å². The minimum atomic E-state index is -0.859.